The number of rotatable bonds is 3. The smallest absolute Gasteiger partial charge is 0.379 e. The zero-order chi connectivity index (χ0) is 14.8. The van der Waals surface area contributed by atoms with Gasteiger partial charge in [-0.05, 0) is 25.1 Å². The van der Waals surface area contributed by atoms with Crippen LogP contribution in [0.3, 0.4) is 0 Å². The molecule has 3 nitrogen and oxygen atoms in total. The molecule has 7 heteroatoms. The maximum Gasteiger partial charge on any atom is 0.418 e. The maximum absolute atomic E-state index is 12.9. The van der Waals surface area contributed by atoms with Crippen molar-refractivity contribution in [1.29, 1.82) is 0 Å². The number of benzene rings is 1. The van der Waals surface area contributed by atoms with E-state index in [9.17, 15) is 13.2 Å². The first-order valence-corrected chi connectivity index (χ1v) is 6.54. The number of aryl methyl sites for hydroxylation is 1. The van der Waals surface area contributed by atoms with Gasteiger partial charge in [0.2, 0.25) is 0 Å². The van der Waals surface area contributed by atoms with Crippen molar-refractivity contribution in [2.45, 2.75) is 19.6 Å². The molecule has 0 amide bonds. The molecule has 0 radical (unpaired) electrons. The standard InChI is InChI=1S/C13H11BrF3N3/c1-8-5-19-10(6-18-8)7-20-12-3-2-9(14)4-11(12)13(15,16)17/h2-6,20H,7H2,1H3. The molecule has 0 spiro atoms. The summed E-state index contributed by atoms with van der Waals surface area (Å²) < 4.78 is 39.1. The Morgan fingerprint density at radius 1 is 1.20 bits per heavy atom. The van der Waals surface area contributed by atoms with Gasteiger partial charge in [-0.2, -0.15) is 13.2 Å². The Labute approximate surface area is 122 Å². The molecule has 1 aromatic heterocycles. The molecule has 0 aliphatic rings. The number of aromatic nitrogens is 2. The zero-order valence-electron chi connectivity index (χ0n) is 10.5. The normalized spacial score (nSPS) is 11.4. The molecule has 20 heavy (non-hydrogen) atoms. The highest BCUT2D eigenvalue weighted by Gasteiger charge is 2.33. The van der Waals surface area contributed by atoms with Crippen LogP contribution in [0.5, 0.6) is 0 Å². The molecule has 0 saturated heterocycles. The molecule has 0 aliphatic carbocycles. The van der Waals surface area contributed by atoms with E-state index < -0.39 is 11.7 Å². The first-order valence-electron chi connectivity index (χ1n) is 5.74. The molecule has 106 valence electrons. The van der Waals surface area contributed by atoms with Crippen LogP contribution in [0.2, 0.25) is 0 Å². The first kappa shape index (κ1) is 14.8. The average Bonchev–Trinajstić information content (AvgIpc) is 2.38. The lowest BCUT2D eigenvalue weighted by molar-refractivity contribution is -0.137. The van der Waals surface area contributed by atoms with Gasteiger partial charge in [-0.1, -0.05) is 15.9 Å². The van der Waals surface area contributed by atoms with E-state index in [-0.39, 0.29) is 12.2 Å². The second-order valence-electron chi connectivity index (χ2n) is 4.19. The second-order valence-corrected chi connectivity index (χ2v) is 5.11. The summed E-state index contributed by atoms with van der Waals surface area (Å²) >= 11 is 3.04. The third-order valence-corrected chi connectivity index (χ3v) is 3.07. The Morgan fingerprint density at radius 3 is 2.55 bits per heavy atom. The van der Waals surface area contributed by atoms with E-state index in [1.54, 1.807) is 19.2 Å². The van der Waals surface area contributed by atoms with E-state index in [0.717, 1.165) is 11.8 Å². The van der Waals surface area contributed by atoms with Crippen molar-refractivity contribution in [3.63, 3.8) is 0 Å². The summed E-state index contributed by atoms with van der Waals surface area (Å²) in [4.78, 5) is 8.13. The highest BCUT2D eigenvalue weighted by Crippen LogP contribution is 2.36. The van der Waals surface area contributed by atoms with Gasteiger partial charge in [0.25, 0.3) is 0 Å². The fourth-order valence-corrected chi connectivity index (χ4v) is 1.96. The molecule has 1 heterocycles. The zero-order valence-corrected chi connectivity index (χ0v) is 12.1. The number of alkyl halides is 3. The van der Waals surface area contributed by atoms with Crippen molar-refractivity contribution in [3.8, 4) is 0 Å². The Morgan fingerprint density at radius 2 is 1.95 bits per heavy atom. The Hall–Kier alpha value is -1.63. The van der Waals surface area contributed by atoms with E-state index in [1.807, 2.05) is 0 Å². The molecular weight excluding hydrogens is 335 g/mol. The summed E-state index contributed by atoms with van der Waals surface area (Å²) in [6.45, 7) is 1.97. The molecule has 0 bridgehead atoms. The van der Waals surface area contributed by atoms with Crippen LogP contribution < -0.4 is 5.32 Å². The predicted molar refractivity (Wildman–Crippen MR) is 73.2 cm³/mol. The van der Waals surface area contributed by atoms with Crippen LogP contribution in [0.15, 0.2) is 35.1 Å². The van der Waals surface area contributed by atoms with Crippen LogP contribution in [0.4, 0.5) is 18.9 Å². The summed E-state index contributed by atoms with van der Waals surface area (Å²) in [5, 5.41) is 2.74. The minimum atomic E-state index is -4.41. The molecule has 2 rings (SSSR count). The summed E-state index contributed by atoms with van der Waals surface area (Å²) in [7, 11) is 0. The lowest BCUT2D eigenvalue weighted by Crippen LogP contribution is -2.11. The minimum Gasteiger partial charge on any atom is -0.379 e. The van der Waals surface area contributed by atoms with Gasteiger partial charge in [0.15, 0.2) is 0 Å². The van der Waals surface area contributed by atoms with Crippen LogP contribution in [0.25, 0.3) is 0 Å². The first-order chi connectivity index (χ1) is 9.36. The van der Waals surface area contributed by atoms with Gasteiger partial charge >= 0.3 is 6.18 Å². The van der Waals surface area contributed by atoms with Crippen LogP contribution in [0, 0.1) is 6.92 Å². The van der Waals surface area contributed by atoms with Gasteiger partial charge in [-0.25, -0.2) is 0 Å². The summed E-state index contributed by atoms with van der Waals surface area (Å²) in [6, 6.07) is 3.98. The lowest BCUT2D eigenvalue weighted by Gasteiger charge is -2.14. The van der Waals surface area contributed by atoms with Crippen molar-refractivity contribution in [2.75, 3.05) is 5.32 Å². The van der Waals surface area contributed by atoms with Crippen molar-refractivity contribution >= 4 is 21.6 Å². The molecule has 1 N–H and O–H groups in total. The molecule has 0 atom stereocenters. The van der Waals surface area contributed by atoms with Crippen LogP contribution >= 0.6 is 15.9 Å². The van der Waals surface area contributed by atoms with E-state index in [0.29, 0.717) is 10.2 Å². The minimum absolute atomic E-state index is 0.0167. The van der Waals surface area contributed by atoms with E-state index >= 15 is 0 Å². The third-order valence-electron chi connectivity index (χ3n) is 2.58. The third kappa shape index (κ3) is 3.69. The van der Waals surface area contributed by atoms with Gasteiger partial charge in [-0.3, -0.25) is 9.97 Å². The Bertz CT molecular complexity index is 597. The number of halogens is 4. The van der Waals surface area contributed by atoms with E-state index in [1.165, 1.54) is 12.3 Å². The van der Waals surface area contributed by atoms with Gasteiger partial charge in [0, 0.05) is 16.4 Å². The second kappa shape index (κ2) is 5.78. The summed E-state index contributed by atoms with van der Waals surface area (Å²) in [5.74, 6) is 0. The number of anilines is 1. The van der Waals surface area contributed by atoms with Crippen molar-refractivity contribution in [2.24, 2.45) is 0 Å². The highest BCUT2D eigenvalue weighted by atomic mass is 79.9. The van der Waals surface area contributed by atoms with Crippen LogP contribution in [-0.2, 0) is 12.7 Å². The van der Waals surface area contributed by atoms with Gasteiger partial charge in [-0.15, -0.1) is 0 Å². The molecule has 1 aromatic carbocycles. The van der Waals surface area contributed by atoms with Gasteiger partial charge in [0.1, 0.15) is 0 Å². The predicted octanol–water partition coefficient (Wildman–Crippen LogP) is 4.18. The van der Waals surface area contributed by atoms with Crippen molar-refractivity contribution in [3.05, 3.63) is 52.0 Å². The quantitative estimate of drug-likeness (QED) is 0.906. The van der Waals surface area contributed by atoms with Gasteiger partial charge in [0.05, 0.1) is 29.7 Å². The highest BCUT2D eigenvalue weighted by molar-refractivity contribution is 9.10. The average molecular weight is 346 g/mol. The van der Waals surface area contributed by atoms with E-state index in [2.05, 4.69) is 31.2 Å². The lowest BCUT2D eigenvalue weighted by atomic mass is 10.1. The largest absolute Gasteiger partial charge is 0.418 e. The molecule has 0 unspecified atom stereocenters. The molecule has 0 aliphatic heterocycles. The summed E-state index contributed by atoms with van der Waals surface area (Å²) in [5.41, 5.74) is 0.634. The molecule has 0 fully saturated rings. The molecular formula is C13H11BrF3N3. The maximum atomic E-state index is 12.9. The number of hydrogen-bond acceptors (Lipinski definition) is 3. The van der Waals surface area contributed by atoms with Crippen LogP contribution in [-0.4, -0.2) is 9.97 Å². The van der Waals surface area contributed by atoms with Crippen LogP contribution in [0.1, 0.15) is 17.0 Å². The molecule has 0 saturated carbocycles. The SMILES string of the molecule is Cc1cnc(CNc2ccc(Br)cc2C(F)(F)F)cn1. The van der Waals surface area contributed by atoms with E-state index in [4.69, 9.17) is 0 Å². The number of nitrogens with zero attached hydrogens (tertiary/aromatic N) is 2. The fraction of sp³-hybridized carbons (Fsp3) is 0.231. The molecule has 2 aromatic rings. The fourth-order valence-electron chi connectivity index (χ4n) is 1.60. The number of hydrogen-bond donors (Lipinski definition) is 1. The Balaban J connectivity index is 2.19. The topological polar surface area (TPSA) is 37.8 Å². The van der Waals surface area contributed by atoms with Crippen molar-refractivity contribution < 1.29 is 13.2 Å². The Kier molecular flexibility index (Phi) is 4.27. The van der Waals surface area contributed by atoms with Gasteiger partial charge < -0.3 is 5.32 Å². The summed E-state index contributed by atoms with van der Waals surface area (Å²) in [6.07, 6.45) is -1.30. The number of nitrogens with one attached hydrogen (secondary N) is 1. The monoisotopic (exact) mass is 345 g/mol. The van der Waals surface area contributed by atoms with Crippen molar-refractivity contribution in [1.82, 2.24) is 9.97 Å².